The number of carbonyl (C=O) groups excluding carboxylic acids is 2. The van der Waals surface area contributed by atoms with Gasteiger partial charge in [0.2, 0.25) is 0 Å². The first-order valence-electron chi connectivity index (χ1n) is 7.14. The highest BCUT2D eigenvalue weighted by molar-refractivity contribution is 5.98. The van der Waals surface area contributed by atoms with Crippen LogP contribution in [0, 0.1) is 0 Å². The summed E-state index contributed by atoms with van der Waals surface area (Å²) in [6.07, 6.45) is 2.58. The molecule has 7 nitrogen and oxygen atoms in total. The largest absolute Gasteiger partial charge is 0.496 e. The summed E-state index contributed by atoms with van der Waals surface area (Å²) in [5.41, 5.74) is 4.95. The molecule has 2 rings (SSSR count). The molecule has 2 N–H and O–H groups in total. The number of hydrazine groups is 1. The molecule has 124 valence electrons. The summed E-state index contributed by atoms with van der Waals surface area (Å²) in [4.78, 5) is 23.7. The molecule has 23 heavy (non-hydrogen) atoms. The summed E-state index contributed by atoms with van der Waals surface area (Å²) in [5, 5.41) is 0. The van der Waals surface area contributed by atoms with E-state index >= 15 is 0 Å². The Morgan fingerprint density at radius 1 is 1.30 bits per heavy atom. The fourth-order valence-electron chi connectivity index (χ4n) is 2.06. The van der Waals surface area contributed by atoms with Gasteiger partial charge in [0, 0.05) is 6.08 Å². The number of amides is 2. The van der Waals surface area contributed by atoms with E-state index in [4.69, 9.17) is 14.2 Å². The average Bonchev–Trinajstić information content (AvgIpc) is 2.89. The zero-order chi connectivity index (χ0) is 16.9. The first kappa shape index (κ1) is 17.0. The number of hydrogen-bond acceptors (Lipinski definition) is 5. The Balaban J connectivity index is 1.83. The normalized spacial score (nSPS) is 19.5. The van der Waals surface area contributed by atoms with Gasteiger partial charge < -0.3 is 14.2 Å². The van der Waals surface area contributed by atoms with E-state index < -0.39 is 17.6 Å². The van der Waals surface area contributed by atoms with E-state index in [0.717, 1.165) is 0 Å². The van der Waals surface area contributed by atoms with Gasteiger partial charge in [-0.1, -0.05) is 12.1 Å². The first-order valence-corrected chi connectivity index (χ1v) is 7.14. The lowest BCUT2D eigenvalue weighted by molar-refractivity contribution is -0.133. The maximum atomic E-state index is 12.0. The van der Waals surface area contributed by atoms with Crippen molar-refractivity contribution in [3.8, 4) is 5.75 Å². The zero-order valence-corrected chi connectivity index (χ0v) is 13.3. The molecule has 0 aromatic heterocycles. The van der Waals surface area contributed by atoms with Gasteiger partial charge in [-0.25, -0.2) is 0 Å². The van der Waals surface area contributed by atoms with Crippen LogP contribution in [0.3, 0.4) is 0 Å². The van der Waals surface area contributed by atoms with E-state index in [9.17, 15) is 9.59 Å². The van der Waals surface area contributed by atoms with Crippen LogP contribution in [0.25, 0.3) is 0 Å². The lowest BCUT2D eigenvalue weighted by Gasteiger charge is -2.15. The molecule has 1 saturated heterocycles. The van der Waals surface area contributed by atoms with Crippen LogP contribution >= 0.6 is 0 Å². The number of benzene rings is 1. The molecular formula is C16H20N2O5. The van der Waals surface area contributed by atoms with E-state index in [2.05, 4.69) is 10.9 Å². The summed E-state index contributed by atoms with van der Waals surface area (Å²) >= 11 is 0. The van der Waals surface area contributed by atoms with Crippen LogP contribution in [0.5, 0.6) is 5.75 Å². The molecule has 0 spiro atoms. The maximum Gasteiger partial charge on any atom is 0.273 e. The maximum absolute atomic E-state index is 12.0. The molecule has 1 fully saturated rings. The number of rotatable bonds is 4. The van der Waals surface area contributed by atoms with Crippen molar-refractivity contribution in [1.29, 1.82) is 0 Å². The van der Waals surface area contributed by atoms with Crippen LogP contribution in [0.2, 0.25) is 0 Å². The smallest absolute Gasteiger partial charge is 0.273 e. The van der Waals surface area contributed by atoms with E-state index in [1.807, 2.05) is 0 Å². The van der Waals surface area contributed by atoms with Crippen LogP contribution in [0.4, 0.5) is 0 Å². The summed E-state index contributed by atoms with van der Waals surface area (Å²) in [6, 6.07) is 6.72. The van der Waals surface area contributed by atoms with Gasteiger partial charge in [-0.15, -0.1) is 0 Å². The van der Waals surface area contributed by atoms with Crippen molar-refractivity contribution in [2.24, 2.45) is 0 Å². The van der Waals surface area contributed by atoms with Gasteiger partial charge in [0.15, 0.2) is 5.79 Å². The van der Waals surface area contributed by atoms with Gasteiger partial charge in [-0.2, -0.15) is 0 Å². The predicted molar refractivity (Wildman–Crippen MR) is 82.6 cm³/mol. The van der Waals surface area contributed by atoms with E-state index in [-0.39, 0.29) is 6.10 Å². The molecule has 7 heteroatoms. The zero-order valence-electron chi connectivity index (χ0n) is 13.3. The number of para-hydroxylation sites is 1. The lowest BCUT2D eigenvalue weighted by atomic mass is 10.2. The molecular weight excluding hydrogens is 300 g/mol. The highest BCUT2D eigenvalue weighted by Gasteiger charge is 2.31. The minimum Gasteiger partial charge on any atom is -0.496 e. The molecule has 2 amide bonds. The molecule has 1 aromatic carbocycles. The van der Waals surface area contributed by atoms with Gasteiger partial charge in [0.05, 0.1) is 19.3 Å². The molecule has 0 radical (unpaired) electrons. The average molecular weight is 320 g/mol. The molecule has 0 bridgehead atoms. The third kappa shape index (κ3) is 4.80. The van der Waals surface area contributed by atoms with Crippen LogP contribution in [-0.2, 0) is 14.3 Å². The topological polar surface area (TPSA) is 85.9 Å². The van der Waals surface area contributed by atoms with Crippen LogP contribution in [-0.4, -0.2) is 37.4 Å². The van der Waals surface area contributed by atoms with Crippen molar-refractivity contribution >= 4 is 11.8 Å². The van der Waals surface area contributed by atoms with E-state index in [0.29, 0.717) is 17.9 Å². The van der Waals surface area contributed by atoms with E-state index in [1.54, 1.807) is 44.2 Å². The highest BCUT2D eigenvalue weighted by Crippen LogP contribution is 2.22. The molecule has 0 saturated carbocycles. The second-order valence-electron chi connectivity index (χ2n) is 5.37. The summed E-state index contributed by atoms with van der Waals surface area (Å²) in [7, 11) is 1.47. The molecule has 1 aromatic rings. The minimum atomic E-state index is -0.649. The monoisotopic (exact) mass is 320 g/mol. The summed E-state index contributed by atoms with van der Waals surface area (Å²) in [6.45, 7) is 3.98. The number of carbonyl (C=O) groups is 2. The molecule has 1 aliphatic rings. The van der Waals surface area contributed by atoms with Crippen molar-refractivity contribution in [1.82, 2.24) is 10.9 Å². The number of ether oxygens (including phenoxy) is 3. The third-order valence-corrected chi connectivity index (χ3v) is 3.14. The van der Waals surface area contributed by atoms with Gasteiger partial charge >= 0.3 is 0 Å². The van der Waals surface area contributed by atoms with Crippen molar-refractivity contribution in [2.45, 2.75) is 25.7 Å². The number of hydrogen-bond donors (Lipinski definition) is 2. The Kier molecular flexibility index (Phi) is 5.36. The Morgan fingerprint density at radius 2 is 2.04 bits per heavy atom. The Labute approximate surface area is 134 Å². The predicted octanol–water partition coefficient (Wildman–Crippen LogP) is 1.16. The summed E-state index contributed by atoms with van der Waals surface area (Å²) in [5.74, 6) is -1.16. The van der Waals surface area contributed by atoms with E-state index in [1.165, 1.54) is 13.2 Å². The van der Waals surface area contributed by atoms with Crippen molar-refractivity contribution in [3.05, 3.63) is 42.0 Å². The molecule has 1 heterocycles. The SMILES string of the molecule is COc1ccccc1C(=O)NNC(=O)/C=C/[C@H]1COC(C)(C)O1. The minimum absolute atomic E-state index is 0.291. The number of methoxy groups -OCH3 is 1. The molecule has 0 unspecified atom stereocenters. The standard InChI is InChI=1S/C16H20N2O5/c1-16(2)22-10-11(23-16)8-9-14(19)17-18-15(20)12-6-4-5-7-13(12)21-3/h4-9,11H,10H2,1-3H3,(H,17,19)(H,18,20)/b9-8+/t11-/m0/s1. The van der Waals surface area contributed by atoms with Crippen LogP contribution in [0.15, 0.2) is 36.4 Å². The van der Waals surface area contributed by atoms with Gasteiger partial charge in [0.1, 0.15) is 11.9 Å². The highest BCUT2D eigenvalue weighted by atomic mass is 16.7. The molecule has 1 atom stereocenters. The van der Waals surface area contributed by atoms with Crippen LogP contribution < -0.4 is 15.6 Å². The fraction of sp³-hybridized carbons (Fsp3) is 0.375. The van der Waals surface area contributed by atoms with Gasteiger partial charge in [-0.3, -0.25) is 20.4 Å². The summed E-state index contributed by atoms with van der Waals surface area (Å²) < 4.78 is 16.0. The van der Waals surface area contributed by atoms with Crippen molar-refractivity contribution in [3.63, 3.8) is 0 Å². The Bertz CT molecular complexity index is 612. The lowest BCUT2D eigenvalue weighted by Crippen LogP contribution is -2.41. The molecule has 0 aliphatic carbocycles. The number of nitrogens with one attached hydrogen (secondary N) is 2. The van der Waals surface area contributed by atoms with Crippen molar-refractivity contribution < 1.29 is 23.8 Å². The first-order chi connectivity index (χ1) is 10.9. The molecule has 1 aliphatic heterocycles. The Hall–Kier alpha value is -2.38. The second-order valence-corrected chi connectivity index (χ2v) is 5.37. The quantitative estimate of drug-likeness (QED) is 0.642. The van der Waals surface area contributed by atoms with Gasteiger partial charge in [-0.05, 0) is 32.1 Å². The second kappa shape index (κ2) is 7.26. The third-order valence-electron chi connectivity index (χ3n) is 3.14. The fourth-order valence-corrected chi connectivity index (χ4v) is 2.06. The van der Waals surface area contributed by atoms with Gasteiger partial charge in [0.25, 0.3) is 11.8 Å². The van der Waals surface area contributed by atoms with Crippen LogP contribution in [0.1, 0.15) is 24.2 Å². The Morgan fingerprint density at radius 3 is 2.70 bits per heavy atom. The van der Waals surface area contributed by atoms with Crippen molar-refractivity contribution in [2.75, 3.05) is 13.7 Å².